The Bertz CT molecular complexity index is 418. The Balaban J connectivity index is 3.09. The molecule has 0 amide bonds. The largest absolute Gasteiger partial charge is 0.491 e. The summed E-state index contributed by atoms with van der Waals surface area (Å²) in [7, 11) is 0. The van der Waals surface area contributed by atoms with Crippen LogP contribution in [0.5, 0.6) is 5.75 Å². The van der Waals surface area contributed by atoms with Crippen LogP contribution in [0.2, 0.25) is 0 Å². The summed E-state index contributed by atoms with van der Waals surface area (Å²) in [5.41, 5.74) is 0.159. The van der Waals surface area contributed by atoms with Gasteiger partial charge in [0.1, 0.15) is 11.3 Å². The predicted molar refractivity (Wildman–Crippen MR) is 56.8 cm³/mol. The smallest absolute Gasteiger partial charge is 0.285 e. The second-order valence-corrected chi connectivity index (χ2v) is 3.25. The first-order valence-corrected chi connectivity index (χ1v) is 4.46. The number of benzene rings is 1. The van der Waals surface area contributed by atoms with E-state index in [1.54, 1.807) is 6.07 Å². The highest BCUT2D eigenvalue weighted by atomic mass is 16.6. The number of hydrogen-bond donors (Lipinski definition) is 0. The summed E-state index contributed by atoms with van der Waals surface area (Å²) in [6.07, 6.45) is 5.19. The molecule has 0 heterocycles. The van der Waals surface area contributed by atoms with E-state index in [0.29, 0.717) is 5.75 Å². The number of nitro groups is 1. The lowest BCUT2D eigenvalue weighted by Gasteiger charge is -2.09. The van der Waals surface area contributed by atoms with Crippen molar-refractivity contribution in [2.24, 2.45) is 0 Å². The van der Waals surface area contributed by atoms with Gasteiger partial charge < -0.3 is 4.74 Å². The Morgan fingerprint density at radius 3 is 2.67 bits per heavy atom. The van der Waals surface area contributed by atoms with Gasteiger partial charge in [0.2, 0.25) is 0 Å². The second-order valence-electron chi connectivity index (χ2n) is 3.25. The molecule has 1 aromatic carbocycles. The van der Waals surface area contributed by atoms with Gasteiger partial charge in [-0.1, -0.05) is 5.92 Å². The van der Waals surface area contributed by atoms with Crippen molar-refractivity contribution in [1.82, 2.24) is 0 Å². The molecule has 1 rings (SSSR count). The molecule has 0 saturated heterocycles. The zero-order chi connectivity index (χ0) is 11.4. The second kappa shape index (κ2) is 4.47. The molecule has 0 aliphatic carbocycles. The van der Waals surface area contributed by atoms with Crippen LogP contribution < -0.4 is 4.74 Å². The Morgan fingerprint density at radius 2 is 2.20 bits per heavy atom. The van der Waals surface area contributed by atoms with Crippen LogP contribution in [-0.2, 0) is 0 Å². The van der Waals surface area contributed by atoms with Gasteiger partial charge in [-0.25, -0.2) is 0 Å². The minimum atomic E-state index is -0.506. The molecular formula is C11H11NO3. The third-order valence-electron chi connectivity index (χ3n) is 1.69. The quantitative estimate of drug-likeness (QED) is 0.432. The van der Waals surface area contributed by atoms with Crippen molar-refractivity contribution in [3.05, 3.63) is 33.9 Å². The number of ether oxygens (including phenoxy) is 1. The van der Waals surface area contributed by atoms with E-state index in [9.17, 15) is 10.1 Å². The van der Waals surface area contributed by atoms with E-state index in [2.05, 4.69) is 5.92 Å². The van der Waals surface area contributed by atoms with Crippen molar-refractivity contribution in [3.8, 4) is 18.1 Å². The highest BCUT2D eigenvalue weighted by Crippen LogP contribution is 2.23. The molecule has 0 atom stereocenters. The first kappa shape index (κ1) is 11.1. The van der Waals surface area contributed by atoms with Gasteiger partial charge in [0.15, 0.2) is 0 Å². The van der Waals surface area contributed by atoms with Crippen LogP contribution in [0, 0.1) is 22.5 Å². The number of nitro benzene ring substituents is 1. The predicted octanol–water partition coefficient (Wildman–Crippen LogP) is 2.36. The molecule has 0 spiro atoms. The molecule has 15 heavy (non-hydrogen) atoms. The first-order chi connectivity index (χ1) is 7.04. The van der Waals surface area contributed by atoms with E-state index >= 15 is 0 Å². The maximum atomic E-state index is 10.6. The standard InChI is InChI=1S/C11H11NO3/c1-4-9-7-10(15-8(2)3)5-6-11(9)12(13)14/h1,5-8H,2-3H3. The van der Waals surface area contributed by atoms with Crippen LogP contribution in [0.25, 0.3) is 0 Å². The summed E-state index contributed by atoms with van der Waals surface area (Å²) in [6.45, 7) is 3.74. The van der Waals surface area contributed by atoms with Crippen molar-refractivity contribution in [1.29, 1.82) is 0 Å². The molecule has 78 valence electrons. The molecule has 0 radical (unpaired) electrons. The molecule has 0 bridgehead atoms. The zero-order valence-electron chi connectivity index (χ0n) is 8.56. The van der Waals surface area contributed by atoms with Gasteiger partial charge in [-0.05, 0) is 19.9 Å². The summed E-state index contributed by atoms with van der Waals surface area (Å²) < 4.78 is 5.37. The van der Waals surface area contributed by atoms with Crippen molar-refractivity contribution in [2.45, 2.75) is 20.0 Å². The van der Waals surface area contributed by atoms with Crippen LogP contribution in [-0.4, -0.2) is 11.0 Å². The topological polar surface area (TPSA) is 52.4 Å². The third kappa shape index (κ3) is 2.71. The molecule has 0 saturated carbocycles. The molecule has 0 aromatic heterocycles. The molecular weight excluding hydrogens is 194 g/mol. The Morgan fingerprint density at radius 1 is 1.53 bits per heavy atom. The van der Waals surface area contributed by atoms with Crippen molar-refractivity contribution < 1.29 is 9.66 Å². The van der Waals surface area contributed by atoms with Crippen LogP contribution in [0.3, 0.4) is 0 Å². The van der Waals surface area contributed by atoms with Crippen molar-refractivity contribution in [2.75, 3.05) is 0 Å². The summed E-state index contributed by atoms with van der Waals surface area (Å²) in [4.78, 5) is 10.1. The minimum Gasteiger partial charge on any atom is -0.491 e. The fourth-order valence-electron chi connectivity index (χ4n) is 1.14. The van der Waals surface area contributed by atoms with Gasteiger partial charge in [-0.15, -0.1) is 6.42 Å². The van der Waals surface area contributed by atoms with E-state index < -0.39 is 4.92 Å². The van der Waals surface area contributed by atoms with E-state index in [-0.39, 0.29) is 17.4 Å². The Labute approximate surface area is 88.0 Å². The molecule has 0 aliphatic rings. The average molecular weight is 205 g/mol. The first-order valence-electron chi connectivity index (χ1n) is 4.46. The molecule has 4 heteroatoms. The summed E-state index contributed by atoms with van der Waals surface area (Å²) in [5.74, 6) is 2.81. The van der Waals surface area contributed by atoms with Crippen LogP contribution in [0.15, 0.2) is 18.2 Å². The SMILES string of the molecule is C#Cc1cc(OC(C)C)ccc1[N+](=O)[O-]. The van der Waals surface area contributed by atoms with E-state index in [1.807, 2.05) is 13.8 Å². The van der Waals surface area contributed by atoms with Gasteiger partial charge in [0.05, 0.1) is 11.0 Å². The van der Waals surface area contributed by atoms with Gasteiger partial charge in [-0.3, -0.25) is 10.1 Å². The van der Waals surface area contributed by atoms with E-state index in [4.69, 9.17) is 11.2 Å². The minimum absolute atomic E-state index is 0.0112. The van der Waals surface area contributed by atoms with Gasteiger partial charge >= 0.3 is 0 Å². The Kier molecular flexibility index (Phi) is 3.29. The van der Waals surface area contributed by atoms with Crippen LogP contribution >= 0.6 is 0 Å². The fourth-order valence-corrected chi connectivity index (χ4v) is 1.14. The summed E-state index contributed by atoms with van der Waals surface area (Å²) >= 11 is 0. The third-order valence-corrected chi connectivity index (χ3v) is 1.69. The molecule has 0 unspecified atom stereocenters. The van der Waals surface area contributed by atoms with Gasteiger partial charge in [-0.2, -0.15) is 0 Å². The van der Waals surface area contributed by atoms with Gasteiger partial charge in [0, 0.05) is 12.1 Å². The Hall–Kier alpha value is -2.02. The van der Waals surface area contributed by atoms with Crippen LogP contribution in [0.1, 0.15) is 19.4 Å². The molecule has 4 nitrogen and oxygen atoms in total. The monoisotopic (exact) mass is 205 g/mol. The molecule has 0 fully saturated rings. The fraction of sp³-hybridized carbons (Fsp3) is 0.273. The van der Waals surface area contributed by atoms with E-state index in [1.165, 1.54) is 12.1 Å². The highest BCUT2D eigenvalue weighted by Gasteiger charge is 2.12. The summed E-state index contributed by atoms with van der Waals surface area (Å²) in [5, 5.41) is 10.6. The lowest BCUT2D eigenvalue weighted by Crippen LogP contribution is -2.05. The van der Waals surface area contributed by atoms with Gasteiger partial charge in [0.25, 0.3) is 5.69 Å². The number of rotatable bonds is 3. The number of terminal acetylenes is 1. The van der Waals surface area contributed by atoms with Crippen molar-refractivity contribution in [3.63, 3.8) is 0 Å². The molecule has 0 N–H and O–H groups in total. The lowest BCUT2D eigenvalue weighted by atomic mass is 10.2. The summed E-state index contributed by atoms with van der Waals surface area (Å²) in [6, 6.07) is 4.39. The maximum absolute atomic E-state index is 10.6. The normalized spacial score (nSPS) is 9.73. The molecule has 1 aromatic rings. The zero-order valence-corrected chi connectivity index (χ0v) is 8.56. The number of nitrogens with zero attached hydrogens (tertiary/aromatic N) is 1. The van der Waals surface area contributed by atoms with E-state index in [0.717, 1.165) is 0 Å². The maximum Gasteiger partial charge on any atom is 0.285 e. The lowest BCUT2D eigenvalue weighted by molar-refractivity contribution is -0.385. The van der Waals surface area contributed by atoms with Crippen molar-refractivity contribution >= 4 is 5.69 Å². The number of hydrogen-bond acceptors (Lipinski definition) is 3. The average Bonchev–Trinajstić information content (AvgIpc) is 2.16. The highest BCUT2D eigenvalue weighted by molar-refractivity contribution is 5.53. The molecule has 0 aliphatic heterocycles. The van der Waals surface area contributed by atoms with Crippen LogP contribution in [0.4, 0.5) is 5.69 Å².